The van der Waals surface area contributed by atoms with Gasteiger partial charge in [0, 0.05) is 5.69 Å². The number of hydrogen-bond acceptors (Lipinski definition) is 5. The molecule has 0 bridgehead atoms. The van der Waals surface area contributed by atoms with Crippen LogP contribution >= 0.6 is 0 Å². The molecule has 0 aliphatic rings. The maximum atomic E-state index is 12.0. The molecule has 1 atom stereocenters. The topological polar surface area (TPSA) is 145 Å². The number of ether oxygens (including phenoxy) is 1. The quantitative estimate of drug-likeness (QED) is 0.509. The minimum atomic E-state index is -1.41. The van der Waals surface area contributed by atoms with Gasteiger partial charge in [-0.2, -0.15) is 0 Å². The maximum absolute atomic E-state index is 12.0. The number of hydrogen-bond donors (Lipinski definition) is 4. The average Bonchev–Trinajstić information content (AvgIpc) is 2.37. The van der Waals surface area contributed by atoms with E-state index >= 15 is 0 Å². The van der Waals surface area contributed by atoms with Gasteiger partial charge >= 0.3 is 5.97 Å². The number of anilines is 1. The molecule has 2 amide bonds. The maximum Gasteiger partial charge on any atom is 0.326 e. The van der Waals surface area contributed by atoms with E-state index in [-0.39, 0.29) is 11.3 Å². The van der Waals surface area contributed by atoms with Gasteiger partial charge in [0.15, 0.2) is 0 Å². The van der Waals surface area contributed by atoms with Crippen LogP contribution in [0.5, 0.6) is 5.75 Å². The molecule has 0 aliphatic carbocycles. The van der Waals surface area contributed by atoms with Gasteiger partial charge < -0.3 is 26.6 Å². The number of carboxylic acid groups (broad SMARTS) is 1. The van der Waals surface area contributed by atoms with E-state index in [1.165, 1.54) is 19.2 Å². The highest BCUT2D eigenvalue weighted by molar-refractivity contribution is 6.01. The first-order valence-corrected chi connectivity index (χ1v) is 5.60. The Morgan fingerprint density at radius 1 is 1.40 bits per heavy atom. The Morgan fingerprint density at radius 3 is 2.55 bits per heavy atom. The van der Waals surface area contributed by atoms with Crippen molar-refractivity contribution in [3.63, 3.8) is 0 Å². The van der Waals surface area contributed by atoms with Crippen LogP contribution in [-0.2, 0) is 9.59 Å². The lowest BCUT2D eigenvalue weighted by Gasteiger charge is -2.14. The summed E-state index contributed by atoms with van der Waals surface area (Å²) < 4.78 is 4.95. The Morgan fingerprint density at radius 2 is 2.05 bits per heavy atom. The summed E-state index contributed by atoms with van der Waals surface area (Å²) in [5.74, 6) is -2.53. The highest BCUT2D eigenvalue weighted by atomic mass is 16.5. The second-order valence-electron chi connectivity index (χ2n) is 3.99. The van der Waals surface area contributed by atoms with E-state index in [0.29, 0.717) is 5.75 Å². The minimum absolute atomic E-state index is 0.0556. The second-order valence-corrected chi connectivity index (χ2v) is 3.99. The van der Waals surface area contributed by atoms with Gasteiger partial charge in [-0.1, -0.05) is 0 Å². The smallest absolute Gasteiger partial charge is 0.326 e. The van der Waals surface area contributed by atoms with E-state index < -0.39 is 30.2 Å². The van der Waals surface area contributed by atoms with Crippen LogP contribution in [0.2, 0.25) is 0 Å². The van der Waals surface area contributed by atoms with Gasteiger partial charge in [-0.25, -0.2) is 4.79 Å². The molecular formula is C12H15N3O5. The van der Waals surface area contributed by atoms with Crippen LogP contribution in [-0.4, -0.2) is 36.0 Å². The predicted molar refractivity (Wildman–Crippen MR) is 70.1 cm³/mol. The monoisotopic (exact) mass is 281 g/mol. The molecule has 0 fully saturated rings. The third-order valence-electron chi connectivity index (χ3n) is 2.51. The third-order valence-corrected chi connectivity index (χ3v) is 2.51. The van der Waals surface area contributed by atoms with Crippen LogP contribution in [0.1, 0.15) is 16.8 Å². The zero-order chi connectivity index (χ0) is 15.3. The standard InChI is InChI=1S/C12H15N3O5/c1-20-6-2-3-8(13)7(4-6)11(17)15-9(12(18)19)5-10(14)16/h2-4,9H,5,13H2,1H3,(H2,14,16)(H,15,17)(H,18,19)/t9-/m0/s1. The summed E-state index contributed by atoms with van der Waals surface area (Å²) in [6, 6.07) is 2.97. The molecule has 0 unspecified atom stereocenters. The van der Waals surface area contributed by atoms with E-state index in [1.807, 2.05) is 0 Å². The number of nitrogen functional groups attached to an aromatic ring is 1. The molecule has 1 aromatic rings. The lowest BCUT2D eigenvalue weighted by Crippen LogP contribution is -2.43. The highest BCUT2D eigenvalue weighted by Gasteiger charge is 2.23. The summed E-state index contributed by atoms with van der Waals surface area (Å²) in [7, 11) is 1.42. The van der Waals surface area contributed by atoms with Crippen LogP contribution in [0.4, 0.5) is 5.69 Å². The summed E-state index contributed by atoms with van der Waals surface area (Å²) in [5, 5.41) is 11.1. The number of benzene rings is 1. The van der Waals surface area contributed by atoms with Gasteiger partial charge in [0.25, 0.3) is 5.91 Å². The van der Waals surface area contributed by atoms with Crippen molar-refractivity contribution in [2.45, 2.75) is 12.5 Å². The molecule has 1 rings (SSSR count). The fraction of sp³-hybridized carbons (Fsp3) is 0.250. The minimum Gasteiger partial charge on any atom is -0.497 e. The van der Waals surface area contributed by atoms with Crippen molar-refractivity contribution in [1.29, 1.82) is 0 Å². The Labute approximate surface area is 114 Å². The molecule has 0 aliphatic heterocycles. The molecule has 0 saturated heterocycles. The lowest BCUT2D eigenvalue weighted by atomic mass is 10.1. The van der Waals surface area contributed by atoms with Crippen molar-refractivity contribution in [3.8, 4) is 5.75 Å². The normalized spacial score (nSPS) is 11.4. The van der Waals surface area contributed by atoms with Gasteiger partial charge in [-0.15, -0.1) is 0 Å². The largest absolute Gasteiger partial charge is 0.497 e. The summed E-state index contributed by atoms with van der Waals surface area (Å²) >= 11 is 0. The fourth-order valence-corrected chi connectivity index (χ4v) is 1.50. The molecule has 0 saturated carbocycles. The summed E-state index contributed by atoms with van der Waals surface area (Å²) in [4.78, 5) is 33.7. The van der Waals surface area contributed by atoms with Crippen LogP contribution in [0.25, 0.3) is 0 Å². The van der Waals surface area contributed by atoms with E-state index in [4.69, 9.17) is 21.3 Å². The Balaban J connectivity index is 2.94. The number of carbonyl (C=O) groups is 3. The first-order chi connectivity index (χ1) is 9.35. The fourth-order valence-electron chi connectivity index (χ4n) is 1.50. The number of rotatable bonds is 6. The predicted octanol–water partition coefficient (Wildman–Crippen LogP) is -0.664. The summed E-state index contributed by atoms with van der Waals surface area (Å²) in [6.07, 6.45) is -0.509. The van der Waals surface area contributed by atoms with Gasteiger partial charge in [0.2, 0.25) is 5.91 Å². The molecule has 1 aromatic carbocycles. The van der Waals surface area contributed by atoms with Crippen LogP contribution < -0.4 is 21.5 Å². The molecule has 20 heavy (non-hydrogen) atoms. The Hall–Kier alpha value is -2.77. The van der Waals surface area contributed by atoms with E-state index in [1.54, 1.807) is 6.07 Å². The number of primary amides is 1. The first-order valence-electron chi connectivity index (χ1n) is 5.60. The Bertz CT molecular complexity index is 544. The van der Waals surface area contributed by atoms with Crippen LogP contribution in [0, 0.1) is 0 Å². The molecule has 0 radical (unpaired) electrons. The van der Waals surface area contributed by atoms with Gasteiger partial charge in [-0.3, -0.25) is 9.59 Å². The lowest BCUT2D eigenvalue weighted by molar-refractivity contribution is -0.140. The number of carbonyl (C=O) groups excluding carboxylic acids is 2. The van der Waals surface area contributed by atoms with E-state index in [0.717, 1.165) is 0 Å². The molecule has 0 aromatic heterocycles. The van der Waals surface area contributed by atoms with Crippen molar-refractivity contribution in [3.05, 3.63) is 23.8 Å². The van der Waals surface area contributed by atoms with Crippen LogP contribution in [0.3, 0.4) is 0 Å². The Kier molecular flexibility index (Phi) is 4.90. The SMILES string of the molecule is COc1ccc(N)c(C(=O)N[C@@H](CC(N)=O)C(=O)O)c1. The molecule has 0 heterocycles. The van der Waals surface area contributed by atoms with Crippen LogP contribution in [0.15, 0.2) is 18.2 Å². The van der Waals surface area contributed by atoms with E-state index in [2.05, 4.69) is 5.32 Å². The molecular weight excluding hydrogens is 266 g/mol. The van der Waals surface area contributed by atoms with Crippen molar-refractivity contribution in [1.82, 2.24) is 5.32 Å². The number of nitrogens with one attached hydrogen (secondary N) is 1. The zero-order valence-electron chi connectivity index (χ0n) is 10.8. The number of carboxylic acids is 1. The van der Waals surface area contributed by atoms with Gasteiger partial charge in [-0.05, 0) is 18.2 Å². The highest BCUT2D eigenvalue weighted by Crippen LogP contribution is 2.19. The summed E-state index contributed by atoms with van der Waals surface area (Å²) in [5.41, 5.74) is 10.8. The zero-order valence-corrected chi connectivity index (χ0v) is 10.8. The van der Waals surface area contributed by atoms with Crippen molar-refractivity contribution in [2.24, 2.45) is 5.73 Å². The second kappa shape index (κ2) is 6.41. The van der Waals surface area contributed by atoms with Crippen molar-refractivity contribution >= 4 is 23.5 Å². The number of aliphatic carboxylic acids is 1. The van der Waals surface area contributed by atoms with E-state index in [9.17, 15) is 14.4 Å². The molecule has 6 N–H and O–H groups in total. The molecule has 108 valence electrons. The van der Waals surface area contributed by atoms with Gasteiger partial charge in [0.05, 0.1) is 19.1 Å². The number of methoxy groups -OCH3 is 1. The van der Waals surface area contributed by atoms with Gasteiger partial charge in [0.1, 0.15) is 11.8 Å². The first kappa shape index (κ1) is 15.3. The number of nitrogens with two attached hydrogens (primary N) is 2. The van der Waals surface area contributed by atoms with Crippen molar-refractivity contribution < 1.29 is 24.2 Å². The van der Waals surface area contributed by atoms with Crippen molar-refractivity contribution in [2.75, 3.05) is 12.8 Å². The third kappa shape index (κ3) is 3.87. The molecule has 8 nitrogen and oxygen atoms in total. The molecule has 8 heteroatoms. The summed E-state index contributed by atoms with van der Waals surface area (Å²) in [6.45, 7) is 0. The molecule has 0 spiro atoms. The average molecular weight is 281 g/mol. The number of amides is 2.